The number of rotatable bonds is 3. The van der Waals surface area contributed by atoms with E-state index in [9.17, 15) is 0 Å². The van der Waals surface area contributed by atoms with Gasteiger partial charge < -0.3 is 9.30 Å². The number of methoxy groups -OCH3 is 1. The SMILES string of the molecule is CC.COCCn1ccnc1Cl. The van der Waals surface area contributed by atoms with Gasteiger partial charge in [0.2, 0.25) is 5.28 Å². The molecule has 0 aliphatic rings. The molecule has 1 aromatic rings. The summed E-state index contributed by atoms with van der Waals surface area (Å²) in [5.41, 5.74) is 0. The van der Waals surface area contributed by atoms with E-state index in [1.54, 1.807) is 13.3 Å². The standard InChI is InChI=1S/C6H9ClN2O.C2H6/c1-10-5-4-9-3-2-8-6(9)7;1-2/h2-3H,4-5H2,1H3;1-2H3. The maximum Gasteiger partial charge on any atom is 0.202 e. The van der Waals surface area contributed by atoms with E-state index in [2.05, 4.69) is 4.98 Å². The van der Waals surface area contributed by atoms with E-state index in [0.717, 1.165) is 6.54 Å². The Morgan fingerprint density at radius 3 is 2.67 bits per heavy atom. The zero-order chi connectivity index (χ0) is 9.40. The second kappa shape index (κ2) is 7.13. The van der Waals surface area contributed by atoms with Crippen molar-refractivity contribution in [1.82, 2.24) is 9.55 Å². The van der Waals surface area contributed by atoms with Gasteiger partial charge in [-0.3, -0.25) is 0 Å². The second-order valence-corrected chi connectivity index (χ2v) is 2.22. The fourth-order valence-electron chi connectivity index (χ4n) is 0.667. The largest absolute Gasteiger partial charge is 0.383 e. The van der Waals surface area contributed by atoms with E-state index in [4.69, 9.17) is 16.3 Å². The molecule has 1 rings (SSSR count). The summed E-state index contributed by atoms with van der Waals surface area (Å²) in [5, 5.41) is 0.511. The molecule has 70 valence electrons. The fraction of sp³-hybridized carbons (Fsp3) is 0.625. The lowest BCUT2D eigenvalue weighted by atomic mass is 10.7. The molecule has 1 aromatic heterocycles. The molecule has 0 aliphatic heterocycles. The molecule has 0 aliphatic carbocycles. The number of halogens is 1. The molecule has 0 aromatic carbocycles. The minimum absolute atomic E-state index is 0.511. The monoisotopic (exact) mass is 190 g/mol. The van der Waals surface area contributed by atoms with Crippen molar-refractivity contribution >= 4 is 11.6 Å². The highest BCUT2D eigenvalue weighted by Crippen LogP contribution is 2.03. The molecule has 0 spiro atoms. The van der Waals surface area contributed by atoms with Gasteiger partial charge in [-0.05, 0) is 11.6 Å². The molecule has 0 saturated heterocycles. The Kier molecular flexibility index (Phi) is 6.81. The van der Waals surface area contributed by atoms with Crippen molar-refractivity contribution in [3.63, 3.8) is 0 Å². The Bertz CT molecular complexity index is 201. The first-order valence-electron chi connectivity index (χ1n) is 4.00. The van der Waals surface area contributed by atoms with E-state index < -0.39 is 0 Å². The lowest BCUT2D eigenvalue weighted by molar-refractivity contribution is 0.187. The van der Waals surface area contributed by atoms with Gasteiger partial charge in [0.1, 0.15) is 0 Å². The van der Waals surface area contributed by atoms with Crippen molar-refractivity contribution in [2.75, 3.05) is 13.7 Å². The Labute approximate surface area is 78.3 Å². The van der Waals surface area contributed by atoms with E-state index in [-0.39, 0.29) is 0 Å². The van der Waals surface area contributed by atoms with Crippen LogP contribution in [-0.2, 0) is 11.3 Å². The van der Waals surface area contributed by atoms with E-state index in [1.807, 2.05) is 24.6 Å². The number of imidazole rings is 1. The van der Waals surface area contributed by atoms with Crippen LogP contribution in [0.15, 0.2) is 12.4 Å². The average molecular weight is 191 g/mol. The van der Waals surface area contributed by atoms with Crippen molar-refractivity contribution in [2.24, 2.45) is 0 Å². The molecular weight excluding hydrogens is 176 g/mol. The molecule has 0 radical (unpaired) electrons. The molecule has 0 fully saturated rings. The van der Waals surface area contributed by atoms with Crippen molar-refractivity contribution in [2.45, 2.75) is 20.4 Å². The normalized spacial score (nSPS) is 9.00. The zero-order valence-corrected chi connectivity index (χ0v) is 8.51. The molecule has 12 heavy (non-hydrogen) atoms. The summed E-state index contributed by atoms with van der Waals surface area (Å²) in [6.07, 6.45) is 3.49. The van der Waals surface area contributed by atoms with Crippen LogP contribution >= 0.6 is 11.6 Å². The van der Waals surface area contributed by atoms with Crippen molar-refractivity contribution in [1.29, 1.82) is 0 Å². The van der Waals surface area contributed by atoms with Crippen LogP contribution in [-0.4, -0.2) is 23.3 Å². The lowest BCUT2D eigenvalue weighted by Crippen LogP contribution is -2.02. The minimum atomic E-state index is 0.511. The fourth-order valence-corrected chi connectivity index (χ4v) is 0.865. The highest BCUT2D eigenvalue weighted by atomic mass is 35.5. The van der Waals surface area contributed by atoms with Crippen molar-refractivity contribution < 1.29 is 4.74 Å². The van der Waals surface area contributed by atoms with E-state index in [0.29, 0.717) is 11.9 Å². The molecule has 4 heteroatoms. The molecule has 0 bridgehead atoms. The Morgan fingerprint density at radius 2 is 2.25 bits per heavy atom. The van der Waals surface area contributed by atoms with Gasteiger partial charge in [-0.25, -0.2) is 4.98 Å². The van der Waals surface area contributed by atoms with Gasteiger partial charge >= 0.3 is 0 Å². The molecule has 0 atom stereocenters. The Balaban J connectivity index is 0.000000561. The molecule has 0 saturated carbocycles. The highest BCUT2D eigenvalue weighted by molar-refractivity contribution is 6.28. The third kappa shape index (κ3) is 3.74. The van der Waals surface area contributed by atoms with E-state index in [1.165, 1.54) is 0 Å². The van der Waals surface area contributed by atoms with Crippen LogP contribution in [0.25, 0.3) is 0 Å². The summed E-state index contributed by atoms with van der Waals surface area (Å²) in [7, 11) is 1.66. The molecular formula is C8H15ClN2O. The number of hydrogen-bond acceptors (Lipinski definition) is 2. The predicted molar refractivity (Wildman–Crippen MR) is 50.5 cm³/mol. The topological polar surface area (TPSA) is 27.1 Å². The molecule has 0 N–H and O–H groups in total. The predicted octanol–water partition coefficient (Wildman–Crippen LogP) is 2.21. The van der Waals surface area contributed by atoms with Gasteiger partial charge in [-0.1, -0.05) is 13.8 Å². The Hall–Kier alpha value is -0.540. The van der Waals surface area contributed by atoms with Crippen LogP contribution in [0.4, 0.5) is 0 Å². The summed E-state index contributed by atoms with van der Waals surface area (Å²) >= 11 is 5.67. The zero-order valence-electron chi connectivity index (χ0n) is 7.75. The molecule has 0 amide bonds. The Morgan fingerprint density at radius 1 is 1.58 bits per heavy atom. The van der Waals surface area contributed by atoms with Crippen molar-refractivity contribution in [3.05, 3.63) is 17.7 Å². The number of nitrogens with zero attached hydrogens (tertiary/aromatic N) is 2. The quantitative estimate of drug-likeness (QED) is 0.731. The van der Waals surface area contributed by atoms with Crippen LogP contribution in [0.2, 0.25) is 5.28 Å². The number of hydrogen-bond donors (Lipinski definition) is 0. The lowest BCUT2D eigenvalue weighted by Gasteiger charge is -2.00. The van der Waals surface area contributed by atoms with Crippen LogP contribution in [0.1, 0.15) is 13.8 Å². The van der Waals surface area contributed by atoms with Gasteiger partial charge in [-0.2, -0.15) is 0 Å². The van der Waals surface area contributed by atoms with Gasteiger partial charge in [0, 0.05) is 26.0 Å². The van der Waals surface area contributed by atoms with Gasteiger partial charge in [0.25, 0.3) is 0 Å². The molecule has 3 nitrogen and oxygen atoms in total. The average Bonchev–Trinajstić information content (AvgIpc) is 2.51. The highest BCUT2D eigenvalue weighted by Gasteiger charge is 1.95. The van der Waals surface area contributed by atoms with Crippen molar-refractivity contribution in [3.8, 4) is 0 Å². The first kappa shape index (κ1) is 11.5. The smallest absolute Gasteiger partial charge is 0.202 e. The first-order valence-corrected chi connectivity index (χ1v) is 4.38. The summed E-state index contributed by atoms with van der Waals surface area (Å²) in [4.78, 5) is 3.84. The maximum absolute atomic E-state index is 5.67. The van der Waals surface area contributed by atoms with Crippen LogP contribution in [0.3, 0.4) is 0 Å². The summed E-state index contributed by atoms with van der Waals surface area (Å²) in [5.74, 6) is 0. The number of aromatic nitrogens is 2. The van der Waals surface area contributed by atoms with Crippen LogP contribution in [0, 0.1) is 0 Å². The third-order valence-electron chi connectivity index (χ3n) is 1.20. The molecule has 0 unspecified atom stereocenters. The molecule has 1 heterocycles. The summed E-state index contributed by atoms with van der Waals surface area (Å²) in [6, 6.07) is 0. The van der Waals surface area contributed by atoms with Gasteiger partial charge in [0.15, 0.2) is 0 Å². The minimum Gasteiger partial charge on any atom is -0.383 e. The third-order valence-corrected chi connectivity index (χ3v) is 1.52. The summed E-state index contributed by atoms with van der Waals surface area (Å²) < 4.78 is 6.69. The van der Waals surface area contributed by atoms with Crippen LogP contribution in [0.5, 0.6) is 0 Å². The summed E-state index contributed by atoms with van der Waals surface area (Å²) in [6.45, 7) is 5.42. The van der Waals surface area contributed by atoms with Gasteiger partial charge in [-0.15, -0.1) is 0 Å². The van der Waals surface area contributed by atoms with Crippen LogP contribution < -0.4 is 0 Å². The number of ether oxygens (including phenoxy) is 1. The maximum atomic E-state index is 5.67. The van der Waals surface area contributed by atoms with E-state index >= 15 is 0 Å². The first-order chi connectivity index (χ1) is 5.84. The van der Waals surface area contributed by atoms with Gasteiger partial charge in [0.05, 0.1) is 6.61 Å². The second-order valence-electron chi connectivity index (χ2n) is 1.88.